The average molecular weight is 528 g/mol. The van der Waals surface area contributed by atoms with Crippen LogP contribution in [-0.2, 0) is 20.9 Å². The zero-order chi connectivity index (χ0) is 24.4. The van der Waals surface area contributed by atoms with Gasteiger partial charge in [-0.3, -0.25) is 4.79 Å². The second-order valence-corrected chi connectivity index (χ2v) is 9.96. The summed E-state index contributed by atoms with van der Waals surface area (Å²) >= 11 is 3.50. The summed E-state index contributed by atoms with van der Waals surface area (Å²) in [6, 6.07) is 27.6. The molecule has 1 heterocycles. The van der Waals surface area contributed by atoms with E-state index >= 15 is 0 Å². The van der Waals surface area contributed by atoms with E-state index < -0.39 is 11.9 Å². The molecular weight excluding hydrogens is 502 g/mol. The molecule has 3 aromatic rings. The van der Waals surface area contributed by atoms with Crippen LogP contribution in [0.15, 0.2) is 112 Å². The number of esters is 1. The van der Waals surface area contributed by atoms with Crippen molar-refractivity contribution in [1.29, 1.82) is 0 Å². The third-order valence-electron chi connectivity index (χ3n) is 6.73. The van der Waals surface area contributed by atoms with Gasteiger partial charge >= 0.3 is 5.97 Å². The Morgan fingerprint density at radius 1 is 0.914 bits per heavy atom. The zero-order valence-corrected chi connectivity index (χ0v) is 21.0. The summed E-state index contributed by atoms with van der Waals surface area (Å²) in [4.78, 5) is 27.1. The van der Waals surface area contributed by atoms with Crippen molar-refractivity contribution in [1.82, 2.24) is 5.32 Å². The number of halogens is 1. The molecule has 1 aliphatic carbocycles. The lowest BCUT2D eigenvalue weighted by Crippen LogP contribution is -2.36. The van der Waals surface area contributed by atoms with Gasteiger partial charge in [0.05, 0.1) is 5.57 Å². The van der Waals surface area contributed by atoms with Crippen LogP contribution in [0.25, 0.3) is 0 Å². The van der Waals surface area contributed by atoms with Gasteiger partial charge in [0.15, 0.2) is 5.78 Å². The molecule has 1 N–H and O–H groups in total. The Morgan fingerprint density at radius 2 is 1.57 bits per heavy atom. The quantitative estimate of drug-likeness (QED) is 0.382. The van der Waals surface area contributed by atoms with E-state index in [4.69, 9.17) is 4.74 Å². The number of benzene rings is 3. The van der Waals surface area contributed by atoms with Gasteiger partial charge < -0.3 is 10.1 Å². The smallest absolute Gasteiger partial charge is 0.337 e. The molecule has 176 valence electrons. The largest absolute Gasteiger partial charge is 0.457 e. The molecule has 0 bridgehead atoms. The first-order valence-corrected chi connectivity index (χ1v) is 12.6. The number of ether oxygens (including phenoxy) is 1. The fraction of sp³-hybridized carbons (Fsp3) is 0.200. The highest BCUT2D eigenvalue weighted by molar-refractivity contribution is 9.10. The van der Waals surface area contributed by atoms with Crippen molar-refractivity contribution in [2.24, 2.45) is 0 Å². The first-order chi connectivity index (χ1) is 17.0. The number of allylic oxidation sites excluding steroid dienone is 3. The highest BCUT2D eigenvalue weighted by atomic mass is 79.9. The van der Waals surface area contributed by atoms with E-state index in [2.05, 4.69) is 33.4 Å². The van der Waals surface area contributed by atoms with Gasteiger partial charge in [-0.15, -0.1) is 0 Å². The predicted octanol–water partition coefficient (Wildman–Crippen LogP) is 6.55. The Morgan fingerprint density at radius 3 is 2.26 bits per heavy atom. The SMILES string of the molecule is CC1=C(C(=O)OCc2ccccc2)C(c2ccc(Br)cc2)C2=C(CC(c3ccccc3)CC2=O)N1. The second kappa shape index (κ2) is 10.0. The summed E-state index contributed by atoms with van der Waals surface area (Å²) < 4.78 is 6.68. The molecule has 5 rings (SSSR count). The van der Waals surface area contributed by atoms with Gasteiger partial charge in [-0.05, 0) is 48.1 Å². The summed E-state index contributed by atoms with van der Waals surface area (Å²) in [5.41, 5.74) is 5.79. The van der Waals surface area contributed by atoms with Crippen LogP contribution in [0.2, 0.25) is 0 Å². The highest BCUT2D eigenvalue weighted by Crippen LogP contribution is 2.45. The molecule has 35 heavy (non-hydrogen) atoms. The Labute approximate surface area is 213 Å². The van der Waals surface area contributed by atoms with Crippen molar-refractivity contribution in [3.8, 4) is 0 Å². The van der Waals surface area contributed by atoms with Gasteiger partial charge in [-0.2, -0.15) is 0 Å². The van der Waals surface area contributed by atoms with Crippen LogP contribution >= 0.6 is 15.9 Å². The van der Waals surface area contributed by atoms with Crippen molar-refractivity contribution >= 4 is 27.7 Å². The minimum Gasteiger partial charge on any atom is -0.457 e. The van der Waals surface area contributed by atoms with E-state index in [9.17, 15) is 9.59 Å². The summed E-state index contributed by atoms with van der Waals surface area (Å²) in [5.74, 6) is -0.690. The maximum atomic E-state index is 13.6. The van der Waals surface area contributed by atoms with Gasteiger partial charge in [-0.25, -0.2) is 4.79 Å². The summed E-state index contributed by atoms with van der Waals surface area (Å²) in [6.45, 7) is 2.07. The van der Waals surface area contributed by atoms with E-state index in [-0.39, 0.29) is 18.3 Å². The van der Waals surface area contributed by atoms with Crippen LogP contribution < -0.4 is 5.32 Å². The lowest BCUT2D eigenvalue weighted by molar-refractivity contribution is -0.140. The fourth-order valence-corrected chi connectivity index (χ4v) is 5.32. The number of dihydropyridines is 1. The van der Waals surface area contributed by atoms with Crippen molar-refractivity contribution in [3.63, 3.8) is 0 Å². The van der Waals surface area contributed by atoms with Crippen LogP contribution in [0.5, 0.6) is 0 Å². The topological polar surface area (TPSA) is 55.4 Å². The standard InChI is InChI=1S/C30H26BrNO3/c1-19-27(30(34)35-18-20-8-4-2-5-9-20)28(22-12-14-24(31)15-13-22)29-25(32-19)16-23(17-26(29)33)21-10-6-3-7-11-21/h2-15,23,28,32H,16-18H2,1H3. The van der Waals surface area contributed by atoms with E-state index in [1.54, 1.807) is 0 Å². The molecule has 0 fully saturated rings. The average Bonchev–Trinajstić information content (AvgIpc) is 2.88. The normalized spacial score (nSPS) is 19.8. The Kier molecular flexibility index (Phi) is 6.69. The number of hydrogen-bond donors (Lipinski definition) is 1. The van der Waals surface area contributed by atoms with E-state index in [1.165, 1.54) is 0 Å². The molecule has 3 aromatic carbocycles. The first-order valence-electron chi connectivity index (χ1n) is 11.8. The van der Waals surface area contributed by atoms with Gasteiger partial charge in [0.1, 0.15) is 6.61 Å². The van der Waals surface area contributed by atoms with E-state index in [1.807, 2.05) is 79.7 Å². The van der Waals surface area contributed by atoms with Crippen LogP contribution in [0.1, 0.15) is 48.3 Å². The zero-order valence-electron chi connectivity index (χ0n) is 19.5. The summed E-state index contributed by atoms with van der Waals surface area (Å²) in [6.07, 6.45) is 1.14. The van der Waals surface area contributed by atoms with Crippen molar-refractivity contribution in [3.05, 3.63) is 129 Å². The minimum absolute atomic E-state index is 0.0707. The minimum atomic E-state index is -0.466. The molecule has 1 aliphatic heterocycles. The molecule has 2 aliphatic rings. The lowest BCUT2D eigenvalue weighted by atomic mass is 9.72. The van der Waals surface area contributed by atoms with Gasteiger partial charge in [-0.1, -0.05) is 88.7 Å². The highest BCUT2D eigenvalue weighted by Gasteiger charge is 2.41. The van der Waals surface area contributed by atoms with Gasteiger partial charge in [0, 0.05) is 33.8 Å². The number of carbonyl (C=O) groups is 2. The maximum absolute atomic E-state index is 13.6. The molecule has 0 radical (unpaired) electrons. The molecular formula is C30H26BrNO3. The lowest BCUT2D eigenvalue weighted by Gasteiger charge is -2.36. The Balaban J connectivity index is 1.51. The summed E-state index contributed by atoms with van der Waals surface area (Å²) in [5, 5.41) is 3.42. The number of ketones is 1. The van der Waals surface area contributed by atoms with Crippen LogP contribution in [0, 0.1) is 0 Å². The molecule has 4 nitrogen and oxygen atoms in total. The number of carbonyl (C=O) groups excluding carboxylic acids is 2. The molecule has 0 aromatic heterocycles. The summed E-state index contributed by atoms with van der Waals surface area (Å²) in [7, 11) is 0. The fourth-order valence-electron chi connectivity index (χ4n) is 5.06. The molecule has 5 heteroatoms. The molecule has 0 saturated heterocycles. The second-order valence-electron chi connectivity index (χ2n) is 9.04. The van der Waals surface area contributed by atoms with Crippen molar-refractivity contribution in [2.75, 3.05) is 0 Å². The van der Waals surface area contributed by atoms with Crippen LogP contribution in [0.3, 0.4) is 0 Å². The first kappa shape index (κ1) is 23.3. The predicted molar refractivity (Wildman–Crippen MR) is 139 cm³/mol. The van der Waals surface area contributed by atoms with Crippen LogP contribution in [0.4, 0.5) is 0 Å². The maximum Gasteiger partial charge on any atom is 0.337 e. The molecule has 2 atom stereocenters. The molecule has 0 spiro atoms. The number of nitrogens with one attached hydrogen (secondary N) is 1. The van der Waals surface area contributed by atoms with Crippen LogP contribution in [-0.4, -0.2) is 11.8 Å². The van der Waals surface area contributed by atoms with Gasteiger partial charge in [0.25, 0.3) is 0 Å². The number of hydrogen-bond acceptors (Lipinski definition) is 4. The molecule has 0 saturated carbocycles. The number of Topliss-reactive ketones (excluding diaryl/α,β-unsaturated/α-hetero) is 1. The number of rotatable bonds is 5. The monoisotopic (exact) mass is 527 g/mol. The van der Waals surface area contributed by atoms with Gasteiger partial charge in [0.2, 0.25) is 0 Å². The van der Waals surface area contributed by atoms with E-state index in [0.717, 1.165) is 39.0 Å². The molecule has 2 unspecified atom stereocenters. The van der Waals surface area contributed by atoms with Crippen molar-refractivity contribution < 1.29 is 14.3 Å². The van der Waals surface area contributed by atoms with E-state index in [0.29, 0.717) is 17.6 Å². The third kappa shape index (κ3) is 4.87. The Hall–Kier alpha value is -3.44. The molecule has 0 amide bonds. The van der Waals surface area contributed by atoms with Crippen molar-refractivity contribution in [2.45, 2.75) is 38.2 Å². The third-order valence-corrected chi connectivity index (χ3v) is 7.26. The Bertz CT molecular complexity index is 1310.